The number of carbonyl (C=O) groups excluding carboxylic acids is 2. The van der Waals surface area contributed by atoms with E-state index < -0.39 is 11.9 Å². The van der Waals surface area contributed by atoms with Gasteiger partial charge in [-0.25, -0.2) is 0 Å². The van der Waals surface area contributed by atoms with E-state index in [9.17, 15) is 9.59 Å². The van der Waals surface area contributed by atoms with E-state index >= 15 is 0 Å². The van der Waals surface area contributed by atoms with Gasteiger partial charge in [-0.2, -0.15) is 0 Å². The van der Waals surface area contributed by atoms with Gasteiger partial charge < -0.3 is 19.5 Å². The van der Waals surface area contributed by atoms with E-state index in [0.717, 1.165) is 5.56 Å². The number of aromatic nitrogens is 1. The van der Waals surface area contributed by atoms with Crippen LogP contribution in [0, 0.1) is 0 Å². The molecule has 1 unspecified atom stereocenters. The second kappa shape index (κ2) is 9.04. The number of methoxy groups -OCH3 is 1. The summed E-state index contributed by atoms with van der Waals surface area (Å²) >= 11 is 0. The molecule has 0 fully saturated rings. The van der Waals surface area contributed by atoms with Crippen molar-refractivity contribution in [1.82, 2.24) is 10.1 Å². The van der Waals surface area contributed by atoms with E-state index in [-0.39, 0.29) is 17.1 Å². The molecule has 0 spiro atoms. The second-order valence-corrected chi connectivity index (χ2v) is 8.29. The minimum Gasteiger partial charge on any atom is -0.497 e. The lowest BCUT2D eigenvalue weighted by atomic mass is 9.87. The Kier molecular flexibility index (Phi) is 6.44. The smallest absolute Gasteiger partial charge is 0.293 e. The highest BCUT2D eigenvalue weighted by molar-refractivity contribution is 6.00. The van der Waals surface area contributed by atoms with Crippen LogP contribution < -0.4 is 10.1 Å². The van der Waals surface area contributed by atoms with Crippen LogP contribution in [0.2, 0.25) is 0 Å². The minimum absolute atomic E-state index is 0.0118. The molecule has 1 atom stereocenters. The SMILES string of the molecule is COc1ccc(C(C(=O)Nc2ccc(C(C)(C)C)cc2)N(C)C(=O)c2ccno2)cc1. The first kappa shape index (κ1) is 22.1. The van der Waals surface area contributed by atoms with Crippen LogP contribution in [0.4, 0.5) is 5.69 Å². The first-order chi connectivity index (χ1) is 14.7. The van der Waals surface area contributed by atoms with Crippen molar-refractivity contribution < 1.29 is 18.8 Å². The Labute approximate surface area is 182 Å². The van der Waals surface area contributed by atoms with Crippen molar-refractivity contribution in [2.24, 2.45) is 0 Å². The van der Waals surface area contributed by atoms with Crippen molar-refractivity contribution in [1.29, 1.82) is 0 Å². The standard InChI is InChI=1S/C24H27N3O4/c1-24(2,3)17-8-10-18(11-9-17)26-22(28)21(16-6-12-19(30-5)13-7-16)27(4)23(29)20-14-15-25-31-20/h6-15,21H,1-5H3,(H,26,28). The van der Waals surface area contributed by atoms with E-state index in [1.165, 1.54) is 17.2 Å². The maximum atomic E-state index is 13.3. The van der Waals surface area contributed by atoms with Crippen LogP contribution in [0.1, 0.15) is 48.5 Å². The lowest BCUT2D eigenvalue weighted by Gasteiger charge is -2.27. The number of ether oxygens (including phenoxy) is 1. The molecule has 0 aliphatic carbocycles. The molecule has 1 N–H and O–H groups in total. The first-order valence-electron chi connectivity index (χ1n) is 9.94. The highest BCUT2D eigenvalue weighted by atomic mass is 16.5. The van der Waals surface area contributed by atoms with Gasteiger partial charge in [0.25, 0.3) is 11.8 Å². The Bertz CT molecular complexity index is 1020. The van der Waals surface area contributed by atoms with Gasteiger partial charge in [-0.1, -0.05) is 50.2 Å². The molecule has 0 bridgehead atoms. The molecule has 3 aromatic rings. The normalized spacial score (nSPS) is 12.2. The molecule has 0 radical (unpaired) electrons. The van der Waals surface area contributed by atoms with E-state index in [1.807, 2.05) is 24.3 Å². The van der Waals surface area contributed by atoms with E-state index in [2.05, 4.69) is 31.2 Å². The highest BCUT2D eigenvalue weighted by Gasteiger charge is 2.31. The van der Waals surface area contributed by atoms with Crippen molar-refractivity contribution in [2.75, 3.05) is 19.5 Å². The monoisotopic (exact) mass is 421 g/mol. The van der Waals surface area contributed by atoms with Crippen molar-refractivity contribution in [3.63, 3.8) is 0 Å². The van der Waals surface area contributed by atoms with Gasteiger partial charge in [-0.3, -0.25) is 9.59 Å². The fourth-order valence-corrected chi connectivity index (χ4v) is 3.22. The number of benzene rings is 2. The molecule has 7 heteroatoms. The molecule has 31 heavy (non-hydrogen) atoms. The Morgan fingerprint density at radius 3 is 2.19 bits per heavy atom. The van der Waals surface area contributed by atoms with Gasteiger partial charge in [0.05, 0.1) is 13.3 Å². The zero-order chi connectivity index (χ0) is 22.6. The van der Waals surface area contributed by atoms with Gasteiger partial charge in [0.1, 0.15) is 11.8 Å². The molecule has 0 aliphatic heterocycles. The summed E-state index contributed by atoms with van der Waals surface area (Å²) in [5.74, 6) is -0.0752. The number of nitrogens with zero attached hydrogens (tertiary/aromatic N) is 2. The van der Waals surface area contributed by atoms with Gasteiger partial charge in [0, 0.05) is 18.8 Å². The Hall–Kier alpha value is -3.61. The Morgan fingerprint density at radius 1 is 1.03 bits per heavy atom. The number of carbonyl (C=O) groups is 2. The molecule has 2 amide bonds. The van der Waals surface area contributed by atoms with Crippen LogP contribution in [-0.2, 0) is 10.2 Å². The van der Waals surface area contributed by atoms with Crippen LogP contribution in [0.3, 0.4) is 0 Å². The first-order valence-corrected chi connectivity index (χ1v) is 9.94. The van der Waals surface area contributed by atoms with Gasteiger partial charge in [0.15, 0.2) is 0 Å². The Balaban J connectivity index is 1.89. The van der Waals surface area contributed by atoms with Gasteiger partial charge in [-0.15, -0.1) is 0 Å². The number of hydrogen-bond acceptors (Lipinski definition) is 5. The summed E-state index contributed by atoms with van der Waals surface area (Å²) in [6, 6.07) is 15.3. The lowest BCUT2D eigenvalue weighted by molar-refractivity contribution is -0.120. The molecular formula is C24H27N3O4. The minimum atomic E-state index is -0.884. The predicted molar refractivity (Wildman–Crippen MR) is 118 cm³/mol. The zero-order valence-electron chi connectivity index (χ0n) is 18.4. The van der Waals surface area contributed by atoms with Crippen molar-refractivity contribution >= 4 is 17.5 Å². The van der Waals surface area contributed by atoms with Gasteiger partial charge in [-0.05, 0) is 40.8 Å². The highest BCUT2D eigenvalue weighted by Crippen LogP contribution is 2.27. The summed E-state index contributed by atoms with van der Waals surface area (Å²) in [4.78, 5) is 27.5. The van der Waals surface area contributed by atoms with Gasteiger partial charge >= 0.3 is 0 Å². The second-order valence-electron chi connectivity index (χ2n) is 8.29. The number of nitrogens with one attached hydrogen (secondary N) is 1. The number of rotatable bonds is 6. The maximum Gasteiger partial charge on any atom is 0.293 e. The fourth-order valence-electron chi connectivity index (χ4n) is 3.22. The summed E-state index contributed by atoms with van der Waals surface area (Å²) in [7, 11) is 3.13. The number of anilines is 1. The number of hydrogen-bond donors (Lipinski definition) is 1. The van der Waals surface area contributed by atoms with E-state index in [0.29, 0.717) is 17.0 Å². The fraction of sp³-hybridized carbons (Fsp3) is 0.292. The topological polar surface area (TPSA) is 84.7 Å². The third kappa shape index (κ3) is 5.12. The average molecular weight is 421 g/mol. The third-order valence-corrected chi connectivity index (χ3v) is 5.05. The molecule has 7 nitrogen and oxygen atoms in total. The van der Waals surface area contributed by atoms with Crippen LogP contribution in [0.25, 0.3) is 0 Å². The van der Waals surface area contributed by atoms with Crippen LogP contribution in [0.5, 0.6) is 5.75 Å². The zero-order valence-corrected chi connectivity index (χ0v) is 18.4. The maximum absolute atomic E-state index is 13.3. The molecule has 2 aromatic carbocycles. The molecule has 3 rings (SSSR count). The molecular weight excluding hydrogens is 394 g/mol. The van der Waals surface area contributed by atoms with Crippen LogP contribution in [-0.4, -0.2) is 36.0 Å². The van der Waals surface area contributed by atoms with E-state index in [1.54, 1.807) is 38.4 Å². The lowest BCUT2D eigenvalue weighted by Crippen LogP contribution is -2.38. The van der Waals surface area contributed by atoms with E-state index in [4.69, 9.17) is 9.26 Å². The van der Waals surface area contributed by atoms with Crippen LogP contribution in [0.15, 0.2) is 65.3 Å². The molecule has 0 aliphatic rings. The molecule has 0 saturated carbocycles. The van der Waals surface area contributed by atoms with Crippen LogP contribution >= 0.6 is 0 Å². The average Bonchev–Trinajstić information content (AvgIpc) is 3.28. The van der Waals surface area contributed by atoms with Gasteiger partial charge in [0.2, 0.25) is 5.76 Å². The Morgan fingerprint density at radius 2 is 1.68 bits per heavy atom. The molecule has 1 heterocycles. The summed E-state index contributed by atoms with van der Waals surface area (Å²) < 4.78 is 10.2. The largest absolute Gasteiger partial charge is 0.497 e. The van der Waals surface area contributed by atoms with Crippen molar-refractivity contribution in [3.05, 3.63) is 77.7 Å². The van der Waals surface area contributed by atoms with Crippen molar-refractivity contribution in [2.45, 2.75) is 32.2 Å². The molecule has 1 aromatic heterocycles. The summed E-state index contributed by atoms with van der Waals surface area (Å²) in [6.45, 7) is 6.39. The molecule has 0 saturated heterocycles. The number of amides is 2. The summed E-state index contributed by atoms with van der Waals surface area (Å²) in [5.41, 5.74) is 2.46. The summed E-state index contributed by atoms with van der Waals surface area (Å²) in [6.07, 6.45) is 1.39. The third-order valence-electron chi connectivity index (χ3n) is 5.05. The predicted octanol–water partition coefficient (Wildman–Crippen LogP) is 4.43. The van der Waals surface area contributed by atoms with Crippen molar-refractivity contribution in [3.8, 4) is 5.75 Å². The summed E-state index contributed by atoms with van der Waals surface area (Å²) in [5, 5.41) is 6.50. The number of likely N-dealkylation sites (N-methyl/N-ethyl adjacent to an activating group) is 1. The molecule has 162 valence electrons. The quantitative estimate of drug-likeness (QED) is 0.636.